The van der Waals surface area contributed by atoms with Crippen molar-refractivity contribution in [1.29, 1.82) is 0 Å². The van der Waals surface area contributed by atoms with E-state index in [0.29, 0.717) is 16.8 Å². The van der Waals surface area contributed by atoms with Gasteiger partial charge in [-0.15, -0.1) is 0 Å². The van der Waals surface area contributed by atoms with E-state index in [2.05, 4.69) is 5.32 Å². The van der Waals surface area contributed by atoms with E-state index < -0.39 is 0 Å². The summed E-state index contributed by atoms with van der Waals surface area (Å²) in [4.78, 5) is 30.0. The summed E-state index contributed by atoms with van der Waals surface area (Å²) in [6.45, 7) is 1.94. The van der Waals surface area contributed by atoms with E-state index >= 15 is 0 Å². The number of imide groups is 1. The van der Waals surface area contributed by atoms with E-state index in [4.69, 9.17) is 0 Å². The van der Waals surface area contributed by atoms with Crippen LogP contribution in [0.2, 0.25) is 0 Å². The van der Waals surface area contributed by atoms with E-state index in [9.17, 15) is 9.59 Å². The summed E-state index contributed by atoms with van der Waals surface area (Å²) in [7, 11) is 3.94. The second kappa shape index (κ2) is 7.87. The minimum Gasteiger partial charge on any atom is -0.378 e. The number of hydrogen-bond donors (Lipinski definition) is 1. The molecule has 1 heterocycles. The molecule has 0 aromatic heterocycles. The summed E-state index contributed by atoms with van der Waals surface area (Å²) in [6, 6.07) is 24.4. The molecule has 1 aliphatic rings. The number of carbonyl (C=O) groups excluding carboxylic acids is 2. The van der Waals surface area contributed by atoms with Gasteiger partial charge >= 0.3 is 0 Å². The second-order valence-electron chi connectivity index (χ2n) is 7.47. The maximum absolute atomic E-state index is 13.4. The quantitative estimate of drug-likeness (QED) is 0.646. The number of nitrogens with one attached hydrogen (secondary N) is 1. The average molecular weight is 397 g/mol. The Morgan fingerprint density at radius 3 is 2.13 bits per heavy atom. The average Bonchev–Trinajstić information content (AvgIpc) is 2.98. The van der Waals surface area contributed by atoms with Crippen molar-refractivity contribution in [2.24, 2.45) is 0 Å². The van der Waals surface area contributed by atoms with Crippen LogP contribution in [0.5, 0.6) is 0 Å². The molecule has 0 radical (unpaired) electrons. The molecule has 3 aromatic rings. The first-order valence-electron chi connectivity index (χ1n) is 9.75. The minimum absolute atomic E-state index is 0.283. The third-order valence-electron chi connectivity index (χ3n) is 5.06. The molecule has 1 N–H and O–H groups in total. The molecule has 0 fully saturated rings. The van der Waals surface area contributed by atoms with Crippen LogP contribution >= 0.6 is 0 Å². The smallest absolute Gasteiger partial charge is 0.282 e. The molecule has 150 valence electrons. The van der Waals surface area contributed by atoms with Crippen LogP contribution in [0.1, 0.15) is 11.1 Å². The molecule has 0 saturated carbocycles. The van der Waals surface area contributed by atoms with Crippen molar-refractivity contribution in [2.45, 2.75) is 6.92 Å². The van der Waals surface area contributed by atoms with E-state index in [1.165, 1.54) is 4.90 Å². The molecule has 0 saturated heterocycles. The van der Waals surface area contributed by atoms with E-state index in [1.54, 1.807) is 6.07 Å². The van der Waals surface area contributed by atoms with E-state index in [0.717, 1.165) is 16.9 Å². The molecule has 0 spiro atoms. The molecule has 0 aliphatic carbocycles. The maximum Gasteiger partial charge on any atom is 0.282 e. The van der Waals surface area contributed by atoms with Gasteiger partial charge in [-0.1, -0.05) is 42.5 Å². The van der Waals surface area contributed by atoms with Gasteiger partial charge in [0.05, 0.1) is 11.3 Å². The number of amides is 2. The Morgan fingerprint density at radius 1 is 0.800 bits per heavy atom. The van der Waals surface area contributed by atoms with E-state index in [-0.39, 0.29) is 17.5 Å². The summed E-state index contributed by atoms with van der Waals surface area (Å²) in [5.74, 6) is -0.689. The second-order valence-corrected chi connectivity index (χ2v) is 7.47. The predicted octanol–water partition coefficient (Wildman–Crippen LogP) is 4.46. The molecule has 5 nitrogen and oxygen atoms in total. The molecule has 3 aromatic carbocycles. The standard InChI is InChI=1S/C25H23N3O2/c1-17-8-7-11-21(16-17)28-24(29)22(18-9-5-4-6-10-18)23(25(28)30)26-19-12-14-20(15-13-19)27(2)3/h4-16,26H,1-3H3. The normalized spacial score (nSPS) is 13.8. The van der Waals surface area contributed by atoms with Crippen molar-refractivity contribution in [3.8, 4) is 0 Å². The summed E-state index contributed by atoms with van der Waals surface area (Å²) in [5.41, 5.74) is 4.71. The Labute approximate surface area is 176 Å². The number of benzene rings is 3. The lowest BCUT2D eigenvalue weighted by Gasteiger charge is -2.16. The summed E-state index contributed by atoms with van der Waals surface area (Å²) >= 11 is 0. The largest absolute Gasteiger partial charge is 0.378 e. The Morgan fingerprint density at radius 2 is 1.50 bits per heavy atom. The lowest BCUT2D eigenvalue weighted by atomic mass is 10.0. The Hall–Kier alpha value is -3.86. The van der Waals surface area contributed by atoms with Crippen molar-refractivity contribution in [1.82, 2.24) is 0 Å². The van der Waals surface area contributed by atoms with Gasteiger partial charge < -0.3 is 10.2 Å². The first-order chi connectivity index (χ1) is 14.5. The molecule has 2 amide bonds. The zero-order valence-corrected chi connectivity index (χ0v) is 17.2. The third-order valence-corrected chi connectivity index (χ3v) is 5.06. The number of hydrogen-bond acceptors (Lipinski definition) is 4. The zero-order chi connectivity index (χ0) is 21.3. The molecular formula is C25H23N3O2. The SMILES string of the molecule is Cc1cccc(N2C(=O)C(Nc3ccc(N(C)C)cc3)=C(c3ccccc3)C2=O)c1. The molecule has 30 heavy (non-hydrogen) atoms. The first-order valence-corrected chi connectivity index (χ1v) is 9.75. The van der Waals surface area contributed by atoms with Gasteiger partial charge in [-0.2, -0.15) is 0 Å². The Balaban J connectivity index is 1.77. The highest BCUT2D eigenvalue weighted by Crippen LogP contribution is 2.34. The maximum atomic E-state index is 13.4. The Bertz CT molecular complexity index is 1130. The van der Waals surface area contributed by atoms with Gasteiger partial charge in [0.1, 0.15) is 5.70 Å². The van der Waals surface area contributed by atoms with Crippen LogP contribution in [0, 0.1) is 6.92 Å². The van der Waals surface area contributed by atoms with Gasteiger partial charge in [0.25, 0.3) is 11.8 Å². The minimum atomic E-state index is -0.360. The number of rotatable bonds is 5. The van der Waals surface area contributed by atoms with Crippen LogP contribution in [0.25, 0.3) is 5.57 Å². The monoisotopic (exact) mass is 397 g/mol. The summed E-state index contributed by atoms with van der Waals surface area (Å²) < 4.78 is 0. The summed E-state index contributed by atoms with van der Waals surface area (Å²) in [5, 5.41) is 3.20. The van der Waals surface area contributed by atoms with E-state index in [1.807, 2.05) is 98.7 Å². The van der Waals surface area contributed by atoms with Crippen molar-refractivity contribution < 1.29 is 9.59 Å². The van der Waals surface area contributed by atoms with Crippen molar-refractivity contribution >= 4 is 34.4 Å². The fourth-order valence-electron chi connectivity index (χ4n) is 3.51. The van der Waals surface area contributed by atoms with Gasteiger partial charge in [-0.3, -0.25) is 9.59 Å². The highest BCUT2D eigenvalue weighted by molar-refractivity contribution is 6.46. The van der Waals surface area contributed by atoms with Crippen LogP contribution in [0.4, 0.5) is 17.1 Å². The molecule has 5 heteroatoms. The van der Waals surface area contributed by atoms with Crippen molar-refractivity contribution in [3.05, 3.63) is 95.7 Å². The van der Waals surface area contributed by atoms with Crippen LogP contribution < -0.4 is 15.1 Å². The van der Waals surface area contributed by atoms with Gasteiger partial charge in [0.15, 0.2) is 0 Å². The first kappa shape index (κ1) is 19.5. The third kappa shape index (κ3) is 3.57. The van der Waals surface area contributed by atoms with Gasteiger partial charge in [-0.05, 0) is 54.4 Å². The Kier molecular flexibility index (Phi) is 5.11. The molecule has 0 unspecified atom stereocenters. The number of nitrogens with zero attached hydrogens (tertiary/aromatic N) is 2. The predicted molar refractivity (Wildman–Crippen MR) is 121 cm³/mol. The zero-order valence-electron chi connectivity index (χ0n) is 17.2. The molecule has 0 bridgehead atoms. The fraction of sp³-hybridized carbons (Fsp3) is 0.120. The van der Waals surface area contributed by atoms with Crippen LogP contribution in [-0.4, -0.2) is 25.9 Å². The molecular weight excluding hydrogens is 374 g/mol. The van der Waals surface area contributed by atoms with Crippen molar-refractivity contribution in [2.75, 3.05) is 29.2 Å². The molecule has 0 atom stereocenters. The number of carbonyl (C=O) groups is 2. The molecule has 4 rings (SSSR count). The number of aryl methyl sites for hydroxylation is 1. The topological polar surface area (TPSA) is 52.7 Å². The summed E-state index contributed by atoms with van der Waals surface area (Å²) in [6.07, 6.45) is 0. The lowest BCUT2D eigenvalue weighted by molar-refractivity contribution is -0.120. The molecule has 1 aliphatic heterocycles. The van der Waals surface area contributed by atoms with Crippen molar-refractivity contribution in [3.63, 3.8) is 0 Å². The van der Waals surface area contributed by atoms with Crippen LogP contribution in [0.3, 0.4) is 0 Å². The fourth-order valence-corrected chi connectivity index (χ4v) is 3.51. The highest BCUT2D eigenvalue weighted by atomic mass is 16.2. The van der Waals surface area contributed by atoms with Gasteiger partial charge in [0, 0.05) is 25.5 Å². The van der Waals surface area contributed by atoms with Gasteiger partial charge in [0.2, 0.25) is 0 Å². The lowest BCUT2D eigenvalue weighted by Crippen LogP contribution is -2.32. The van der Waals surface area contributed by atoms with Gasteiger partial charge in [-0.25, -0.2) is 4.90 Å². The number of anilines is 3. The van der Waals surface area contributed by atoms with Crippen LogP contribution in [-0.2, 0) is 9.59 Å². The highest BCUT2D eigenvalue weighted by Gasteiger charge is 2.40. The van der Waals surface area contributed by atoms with Crippen LogP contribution in [0.15, 0.2) is 84.6 Å².